The van der Waals surface area contributed by atoms with Crippen molar-refractivity contribution in [3.8, 4) is 5.88 Å². The minimum absolute atomic E-state index is 0.00940. The zero-order valence-electron chi connectivity index (χ0n) is 13.2. The third kappa shape index (κ3) is 3.18. The number of sulfonamides is 1. The van der Waals surface area contributed by atoms with Gasteiger partial charge >= 0.3 is 0 Å². The van der Waals surface area contributed by atoms with Crippen LogP contribution < -0.4 is 10.1 Å². The standard InChI is InChI=1S/C15H21N3O4S/c1-22-15-13(4-3-7-16-15)14(19)17-10-8-11-5-6-12(9-10)18(11)23(2,20)21/h3-4,7,10-12H,5-6,8-9H2,1-2H3,(H,17,19)/t10?,11-,12+. The van der Waals surface area contributed by atoms with Gasteiger partial charge in [-0.05, 0) is 37.8 Å². The second-order valence-corrected chi connectivity index (χ2v) is 8.07. The quantitative estimate of drug-likeness (QED) is 0.875. The first kappa shape index (κ1) is 16.2. The Labute approximate surface area is 136 Å². The summed E-state index contributed by atoms with van der Waals surface area (Å²) in [6, 6.07) is 3.31. The number of pyridine rings is 1. The Morgan fingerprint density at radius 1 is 1.35 bits per heavy atom. The first-order chi connectivity index (χ1) is 10.9. The lowest BCUT2D eigenvalue weighted by molar-refractivity contribution is 0.0905. The van der Waals surface area contributed by atoms with Gasteiger partial charge in [-0.15, -0.1) is 0 Å². The monoisotopic (exact) mass is 339 g/mol. The summed E-state index contributed by atoms with van der Waals surface area (Å²) in [5.41, 5.74) is 0.396. The number of amides is 1. The van der Waals surface area contributed by atoms with Gasteiger partial charge in [0, 0.05) is 24.3 Å². The molecule has 1 aromatic heterocycles. The Morgan fingerprint density at radius 2 is 2.00 bits per heavy atom. The van der Waals surface area contributed by atoms with Crippen LogP contribution in [0.15, 0.2) is 18.3 Å². The Balaban J connectivity index is 1.70. The van der Waals surface area contributed by atoms with Crippen LogP contribution in [0.5, 0.6) is 5.88 Å². The van der Waals surface area contributed by atoms with Crippen molar-refractivity contribution in [1.29, 1.82) is 0 Å². The summed E-state index contributed by atoms with van der Waals surface area (Å²) in [5, 5.41) is 3.00. The lowest BCUT2D eigenvalue weighted by atomic mass is 9.99. The van der Waals surface area contributed by atoms with E-state index < -0.39 is 10.0 Å². The van der Waals surface area contributed by atoms with E-state index in [1.54, 1.807) is 22.6 Å². The number of piperidine rings is 1. The highest BCUT2D eigenvalue weighted by atomic mass is 32.2. The SMILES string of the molecule is COc1ncccc1C(=O)NC1C[C@H]2CC[C@@H](C1)N2S(C)(=O)=O. The molecular weight excluding hydrogens is 318 g/mol. The Bertz CT molecular complexity index is 692. The van der Waals surface area contributed by atoms with E-state index in [0.717, 1.165) is 12.8 Å². The van der Waals surface area contributed by atoms with Crippen molar-refractivity contribution in [1.82, 2.24) is 14.6 Å². The van der Waals surface area contributed by atoms with Crippen molar-refractivity contribution in [2.45, 2.75) is 43.8 Å². The molecule has 0 aliphatic carbocycles. The summed E-state index contributed by atoms with van der Waals surface area (Å²) in [4.78, 5) is 16.5. The van der Waals surface area contributed by atoms with Crippen molar-refractivity contribution in [3.05, 3.63) is 23.9 Å². The number of nitrogens with one attached hydrogen (secondary N) is 1. The molecule has 2 fully saturated rings. The lowest BCUT2D eigenvalue weighted by Gasteiger charge is -2.37. The Hall–Kier alpha value is -1.67. The van der Waals surface area contributed by atoms with Gasteiger partial charge in [0.2, 0.25) is 15.9 Å². The van der Waals surface area contributed by atoms with Crippen LogP contribution in [0.25, 0.3) is 0 Å². The molecule has 0 aromatic carbocycles. The zero-order chi connectivity index (χ0) is 16.6. The molecule has 0 spiro atoms. The Morgan fingerprint density at radius 3 is 2.57 bits per heavy atom. The molecule has 23 heavy (non-hydrogen) atoms. The van der Waals surface area contributed by atoms with Gasteiger partial charge in [0.15, 0.2) is 0 Å². The smallest absolute Gasteiger partial charge is 0.256 e. The van der Waals surface area contributed by atoms with Gasteiger partial charge in [-0.1, -0.05) is 0 Å². The van der Waals surface area contributed by atoms with E-state index in [1.807, 2.05) is 0 Å². The fourth-order valence-corrected chi connectivity index (χ4v) is 5.25. The molecule has 2 aliphatic heterocycles. The van der Waals surface area contributed by atoms with Crippen LogP contribution in [-0.4, -0.2) is 55.1 Å². The molecular formula is C15H21N3O4S. The predicted molar refractivity (Wildman–Crippen MR) is 84.8 cm³/mol. The molecule has 2 saturated heterocycles. The molecule has 8 heteroatoms. The van der Waals surface area contributed by atoms with Crippen molar-refractivity contribution in [2.75, 3.05) is 13.4 Å². The summed E-state index contributed by atoms with van der Waals surface area (Å²) >= 11 is 0. The maximum atomic E-state index is 12.4. The molecule has 3 atom stereocenters. The number of carbonyl (C=O) groups excluding carboxylic acids is 1. The van der Waals surface area contributed by atoms with Crippen molar-refractivity contribution in [2.24, 2.45) is 0 Å². The summed E-state index contributed by atoms with van der Waals surface area (Å²) < 4.78 is 30.5. The highest BCUT2D eigenvalue weighted by molar-refractivity contribution is 7.88. The number of ether oxygens (including phenoxy) is 1. The zero-order valence-corrected chi connectivity index (χ0v) is 14.0. The number of carbonyl (C=O) groups is 1. The van der Waals surface area contributed by atoms with E-state index in [2.05, 4.69) is 10.3 Å². The van der Waals surface area contributed by atoms with Crippen molar-refractivity contribution >= 4 is 15.9 Å². The average molecular weight is 339 g/mol. The molecule has 2 aliphatic rings. The number of nitrogens with zero attached hydrogens (tertiary/aromatic N) is 2. The van der Waals surface area contributed by atoms with Crippen LogP contribution in [0.3, 0.4) is 0 Å². The number of rotatable bonds is 4. The largest absolute Gasteiger partial charge is 0.480 e. The lowest BCUT2D eigenvalue weighted by Crippen LogP contribution is -2.52. The van der Waals surface area contributed by atoms with Crippen LogP contribution in [0.2, 0.25) is 0 Å². The van der Waals surface area contributed by atoms with Gasteiger partial charge in [-0.25, -0.2) is 13.4 Å². The van der Waals surface area contributed by atoms with E-state index in [9.17, 15) is 13.2 Å². The molecule has 126 valence electrons. The summed E-state index contributed by atoms with van der Waals surface area (Å²) in [5.74, 6) is 0.0636. The third-order valence-electron chi connectivity index (χ3n) is 4.59. The van der Waals surface area contributed by atoms with Gasteiger partial charge < -0.3 is 10.1 Å². The van der Waals surface area contributed by atoms with Crippen LogP contribution in [0.1, 0.15) is 36.0 Å². The van der Waals surface area contributed by atoms with Gasteiger partial charge in [-0.3, -0.25) is 4.79 Å². The second-order valence-electron chi connectivity index (χ2n) is 6.18. The van der Waals surface area contributed by atoms with Gasteiger partial charge in [0.1, 0.15) is 5.56 Å². The fourth-order valence-electron chi connectivity index (χ4n) is 3.78. The minimum atomic E-state index is -3.19. The minimum Gasteiger partial charge on any atom is -0.480 e. The summed E-state index contributed by atoms with van der Waals surface area (Å²) in [6.45, 7) is 0. The maximum absolute atomic E-state index is 12.4. The number of hydrogen-bond acceptors (Lipinski definition) is 5. The molecule has 0 saturated carbocycles. The normalized spacial score (nSPS) is 27.7. The fraction of sp³-hybridized carbons (Fsp3) is 0.600. The van der Waals surface area contributed by atoms with Crippen molar-refractivity contribution < 1.29 is 17.9 Å². The molecule has 1 aromatic rings. The summed E-state index contributed by atoms with van der Waals surface area (Å²) in [6.07, 6.45) is 5.86. The van der Waals surface area contributed by atoms with Crippen LogP contribution in [-0.2, 0) is 10.0 Å². The molecule has 2 bridgehead atoms. The first-order valence-corrected chi connectivity index (χ1v) is 9.53. The highest BCUT2D eigenvalue weighted by Gasteiger charge is 2.45. The third-order valence-corrected chi connectivity index (χ3v) is 5.96. The average Bonchev–Trinajstić information content (AvgIpc) is 2.79. The Kier molecular flexibility index (Phi) is 4.29. The summed E-state index contributed by atoms with van der Waals surface area (Å²) in [7, 11) is -1.71. The van der Waals surface area contributed by atoms with E-state index >= 15 is 0 Å². The number of methoxy groups -OCH3 is 1. The molecule has 0 radical (unpaired) electrons. The highest BCUT2D eigenvalue weighted by Crippen LogP contribution is 2.37. The maximum Gasteiger partial charge on any atom is 0.256 e. The van der Waals surface area contributed by atoms with Gasteiger partial charge in [0.05, 0.1) is 13.4 Å². The first-order valence-electron chi connectivity index (χ1n) is 7.68. The van der Waals surface area contributed by atoms with Crippen molar-refractivity contribution in [3.63, 3.8) is 0 Å². The predicted octanol–water partition coefficient (Wildman–Crippen LogP) is 0.775. The van der Waals surface area contributed by atoms with Gasteiger partial charge in [0.25, 0.3) is 5.91 Å². The van der Waals surface area contributed by atoms with E-state index in [-0.39, 0.29) is 24.0 Å². The topological polar surface area (TPSA) is 88.6 Å². The van der Waals surface area contributed by atoms with Crippen LogP contribution in [0.4, 0.5) is 0 Å². The van der Waals surface area contributed by atoms with E-state index in [1.165, 1.54) is 13.4 Å². The number of aromatic nitrogens is 1. The van der Waals surface area contributed by atoms with Crippen LogP contribution >= 0.6 is 0 Å². The van der Waals surface area contributed by atoms with Gasteiger partial charge in [-0.2, -0.15) is 4.31 Å². The van der Waals surface area contributed by atoms with E-state index in [0.29, 0.717) is 24.3 Å². The number of hydrogen-bond donors (Lipinski definition) is 1. The second kappa shape index (κ2) is 6.09. The molecule has 3 rings (SSSR count). The molecule has 7 nitrogen and oxygen atoms in total. The number of fused-ring (bicyclic) bond motifs is 2. The van der Waals surface area contributed by atoms with E-state index in [4.69, 9.17) is 4.74 Å². The van der Waals surface area contributed by atoms with Crippen LogP contribution in [0, 0.1) is 0 Å². The molecule has 1 unspecified atom stereocenters. The molecule has 1 amide bonds. The molecule has 3 heterocycles. The molecule has 1 N–H and O–H groups in total.